The molecule has 16 heavy (non-hydrogen) atoms. The van der Waals surface area contributed by atoms with Gasteiger partial charge in [-0.15, -0.1) is 0 Å². The lowest BCUT2D eigenvalue weighted by molar-refractivity contribution is 0.102. The maximum atomic E-state index is 11.7. The van der Waals surface area contributed by atoms with E-state index in [1.165, 1.54) is 6.07 Å². The van der Waals surface area contributed by atoms with Gasteiger partial charge < -0.3 is 10.4 Å². The fourth-order valence-electron chi connectivity index (χ4n) is 1.26. The summed E-state index contributed by atoms with van der Waals surface area (Å²) in [5.74, 6) is -0.311. The molecule has 1 aromatic carbocycles. The zero-order chi connectivity index (χ0) is 11.4. The van der Waals surface area contributed by atoms with Gasteiger partial charge in [-0.3, -0.25) is 9.78 Å². The van der Waals surface area contributed by atoms with E-state index in [2.05, 4.69) is 10.3 Å². The van der Waals surface area contributed by atoms with Crippen molar-refractivity contribution in [1.82, 2.24) is 4.98 Å². The molecule has 0 aliphatic rings. The van der Waals surface area contributed by atoms with Crippen molar-refractivity contribution in [3.05, 3.63) is 54.4 Å². The van der Waals surface area contributed by atoms with E-state index in [1.807, 2.05) is 0 Å². The molecule has 0 fully saturated rings. The Labute approximate surface area is 92.6 Å². The molecule has 2 rings (SSSR count). The highest BCUT2D eigenvalue weighted by Crippen LogP contribution is 2.21. The van der Waals surface area contributed by atoms with Crippen LogP contribution in [0.2, 0.25) is 0 Å². The lowest BCUT2D eigenvalue weighted by Crippen LogP contribution is -2.13. The summed E-state index contributed by atoms with van der Waals surface area (Å²) in [7, 11) is 0. The fourth-order valence-corrected chi connectivity index (χ4v) is 1.26. The number of rotatable bonds is 2. The predicted molar refractivity (Wildman–Crippen MR) is 60.3 cm³/mol. The SMILES string of the molecule is O=C(Nc1ccccc1O)c1ccccn1. The number of aromatic nitrogens is 1. The monoisotopic (exact) mass is 214 g/mol. The smallest absolute Gasteiger partial charge is 0.274 e. The van der Waals surface area contributed by atoms with E-state index in [4.69, 9.17) is 0 Å². The number of nitrogens with zero attached hydrogens (tertiary/aromatic N) is 1. The molecule has 0 saturated carbocycles. The van der Waals surface area contributed by atoms with Crippen molar-refractivity contribution in [2.75, 3.05) is 5.32 Å². The average molecular weight is 214 g/mol. The van der Waals surface area contributed by atoms with Crippen molar-refractivity contribution in [2.24, 2.45) is 0 Å². The van der Waals surface area contributed by atoms with Gasteiger partial charge in [0.25, 0.3) is 5.91 Å². The molecule has 1 aromatic heterocycles. The largest absolute Gasteiger partial charge is 0.506 e. The van der Waals surface area contributed by atoms with Crippen molar-refractivity contribution >= 4 is 11.6 Å². The second kappa shape index (κ2) is 4.44. The van der Waals surface area contributed by atoms with Crippen LogP contribution in [0.1, 0.15) is 10.5 Å². The number of pyridine rings is 1. The molecule has 1 heterocycles. The highest BCUT2D eigenvalue weighted by atomic mass is 16.3. The molecule has 80 valence electrons. The van der Waals surface area contributed by atoms with Crippen molar-refractivity contribution in [3.63, 3.8) is 0 Å². The third kappa shape index (κ3) is 2.17. The first kappa shape index (κ1) is 10.2. The van der Waals surface area contributed by atoms with Gasteiger partial charge in [-0.05, 0) is 24.3 Å². The topological polar surface area (TPSA) is 62.2 Å². The Morgan fingerprint density at radius 1 is 1.12 bits per heavy atom. The number of hydrogen-bond donors (Lipinski definition) is 2. The van der Waals surface area contributed by atoms with Gasteiger partial charge in [0.2, 0.25) is 0 Å². The first-order chi connectivity index (χ1) is 7.77. The molecule has 0 spiro atoms. The van der Waals surface area contributed by atoms with Gasteiger partial charge in [0.05, 0.1) is 5.69 Å². The maximum absolute atomic E-state index is 11.7. The van der Waals surface area contributed by atoms with Crippen LogP contribution in [-0.2, 0) is 0 Å². The zero-order valence-corrected chi connectivity index (χ0v) is 8.42. The molecule has 2 aromatic rings. The van der Waals surface area contributed by atoms with Crippen molar-refractivity contribution in [1.29, 1.82) is 0 Å². The summed E-state index contributed by atoms with van der Waals surface area (Å²) in [6.45, 7) is 0. The summed E-state index contributed by atoms with van der Waals surface area (Å²) < 4.78 is 0. The zero-order valence-electron chi connectivity index (χ0n) is 8.42. The van der Waals surface area contributed by atoms with Crippen LogP contribution in [-0.4, -0.2) is 16.0 Å². The number of carbonyl (C=O) groups is 1. The van der Waals surface area contributed by atoms with Gasteiger partial charge in [-0.2, -0.15) is 0 Å². The first-order valence-electron chi connectivity index (χ1n) is 4.78. The van der Waals surface area contributed by atoms with Gasteiger partial charge in [-0.1, -0.05) is 18.2 Å². The van der Waals surface area contributed by atoms with Gasteiger partial charge >= 0.3 is 0 Å². The summed E-state index contributed by atoms with van der Waals surface area (Å²) in [4.78, 5) is 15.6. The van der Waals surface area contributed by atoms with Crippen LogP contribution in [0, 0.1) is 0 Å². The number of aromatic hydroxyl groups is 1. The molecule has 0 unspecified atom stereocenters. The van der Waals surface area contributed by atoms with Crippen molar-refractivity contribution < 1.29 is 9.90 Å². The van der Waals surface area contributed by atoms with Gasteiger partial charge in [-0.25, -0.2) is 0 Å². The number of phenols is 1. The first-order valence-corrected chi connectivity index (χ1v) is 4.78. The molecule has 0 bridgehead atoms. The minimum atomic E-state index is -0.345. The molecule has 4 heteroatoms. The van der Waals surface area contributed by atoms with Crippen LogP contribution in [0.4, 0.5) is 5.69 Å². The lowest BCUT2D eigenvalue weighted by Gasteiger charge is -2.05. The number of hydrogen-bond acceptors (Lipinski definition) is 3. The summed E-state index contributed by atoms with van der Waals surface area (Å²) >= 11 is 0. The number of benzene rings is 1. The molecule has 0 aliphatic carbocycles. The molecule has 0 radical (unpaired) electrons. The summed E-state index contributed by atoms with van der Waals surface area (Å²) in [5.41, 5.74) is 0.684. The Balaban J connectivity index is 2.18. The Morgan fingerprint density at radius 2 is 1.88 bits per heavy atom. The quantitative estimate of drug-likeness (QED) is 0.752. The van der Waals surface area contributed by atoms with Crippen LogP contribution in [0.5, 0.6) is 5.75 Å². The second-order valence-corrected chi connectivity index (χ2v) is 3.19. The molecular weight excluding hydrogens is 204 g/mol. The van der Waals surface area contributed by atoms with Crippen molar-refractivity contribution in [2.45, 2.75) is 0 Å². The van der Waals surface area contributed by atoms with Crippen LogP contribution < -0.4 is 5.32 Å². The summed E-state index contributed by atoms with van der Waals surface area (Å²) in [6, 6.07) is 11.6. The Bertz CT molecular complexity index is 497. The van der Waals surface area contributed by atoms with Crippen molar-refractivity contribution in [3.8, 4) is 5.75 Å². The van der Waals surface area contributed by atoms with E-state index >= 15 is 0 Å². The Morgan fingerprint density at radius 3 is 2.56 bits per heavy atom. The number of phenolic OH excluding ortho intramolecular Hbond substituents is 1. The lowest BCUT2D eigenvalue weighted by atomic mass is 10.2. The molecule has 0 atom stereocenters. The molecule has 2 N–H and O–H groups in total. The Hall–Kier alpha value is -2.36. The molecule has 4 nitrogen and oxygen atoms in total. The third-order valence-electron chi connectivity index (χ3n) is 2.05. The minimum absolute atomic E-state index is 0.0341. The van der Waals surface area contributed by atoms with E-state index in [0.717, 1.165) is 0 Å². The molecule has 0 aliphatic heterocycles. The molecular formula is C12H10N2O2. The minimum Gasteiger partial charge on any atom is -0.506 e. The van der Waals surface area contributed by atoms with E-state index in [0.29, 0.717) is 11.4 Å². The summed E-state index contributed by atoms with van der Waals surface area (Å²) in [5, 5.41) is 12.0. The number of amides is 1. The fraction of sp³-hybridized carbons (Fsp3) is 0. The molecule has 1 amide bonds. The number of anilines is 1. The third-order valence-corrected chi connectivity index (χ3v) is 2.05. The highest BCUT2D eigenvalue weighted by Gasteiger charge is 2.08. The average Bonchev–Trinajstić information content (AvgIpc) is 2.33. The van der Waals surface area contributed by atoms with Gasteiger partial charge in [0, 0.05) is 6.20 Å². The predicted octanol–water partition coefficient (Wildman–Crippen LogP) is 2.04. The number of nitrogens with one attached hydrogen (secondary N) is 1. The number of para-hydroxylation sites is 2. The van der Waals surface area contributed by atoms with E-state index in [-0.39, 0.29) is 11.7 Å². The van der Waals surface area contributed by atoms with Crippen LogP contribution in [0.3, 0.4) is 0 Å². The number of carbonyl (C=O) groups excluding carboxylic acids is 1. The van der Waals surface area contributed by atoms with Crippen LogP contribution in [0.15, 0.2) is 48.7 Å². The van der Waals surface area contributed by atoms with E-state index < -0.39 is 0 Å². The van der Waals surface area contributed by atoms with Crippen LogP contribution in [0.25, 0.3) is 0 Å². The van der Waals surface area contributed by atoms with Gasteiger partial charge in [0.1, 0.15) is 11.4 Å². The molecule has 0 saturated heterocycles. The summed E-state index contributed by atoms with van der Waals surface area (Å²) in [6.07, 6.45) is 1.54. The Kier molecular flexibility index (Phi) is 2.82. The highest BCUT2D eigenvalue weighted by molar-refractivity contribution is 6.03. The normalized spacial score (nSPS) is 9.75. The standard InChI is InChI=1S/C12H10N2O2/c15-11-7-2-1-5-9(11)14-12(16)10-6-3-4-8-13-10/h1-8,15H,(H,14,16). The second-order valence-electron chi connectivity index (χ2n) is 3.19. The van der Waals surface area contributed by atoms with Gasteiger partial charge in [0.15, 0.2) is 0 Å². The van der Waals surface area contributed by atoms with E-state index in [1.54, 1.807) is 42.6 Å². The van der Waals surface area contributed by atoms with E-state index in [9.17, 15) is 9.90 Å². The van der Waals surface area contributed by atoms with Crippen LogP contribution >= 0.6 is 0 Å². The maximum Gasteiger partial charge on any atom is 0.274 e.